The lowest BCUT2D eigenvalue weighted by Crippen LogP contribution is -2.22. The predicted octanol–water partition coefficient (Wildman–Crippen LogP) is 4.29. The van der Waals surface area contributed by atoms with Gasteiger partial charge in [-0.15, -0.1) is 6.58 Å². The van der Waals surface area contributed by atoms with Crippen molar-refractivity contribution in [2.75, 3.05) is 37.9 Å². The van der Waals surface area contributed by atoms with Crippen molar-refractivity contribution in [2.45, 2.75) is 33.5 Å². The molecule has 228 valence electrons. The molecule has 0 aliphatic rings. The Morgan fingerprint density at radius 1 is 1.07 bits per heavy atom. The summed E-state index contributed by atoms with van der Waals surface area (Å²) in [6, 6.07) is 17.5. The number of hydrogen-bond donors (Lipinski definition) is 3. The third-order valence-electron chi connectivity index (χ3n) is 6.10. The Labute approximate surface area is 253 Å². The van der Waals surface area contributed by atoms with Crippen LogP contribution < -0.4 is 22.3 Å². The van der Waals surface area contributed by atoms with E-state index in [0.717, 1.165) is 23.2 Å². The number of rotatable bonds is 10. The molecule has 5 N–H and O–H groups in total. The highest BCUT2D eigenvalue weighted by atomic mass is 16.7. The number of aldehydes is 1. The summed E-state index contributed by atoms with van der Waals surface area (Å²) in [6.45, 7) is 11.0. The van der Waals surface area contributed by atoms with Crippen molar-refractivity contribution >= 4 is 28.7 Å². The molecule has 4 rings (SSSR count). The molecule has 0 saturated carbocycles. The minimum absolute atomic E-state index is 0.0604. The summed E-state index contributed by atoms with van der Waals surface area (Å²) in [5.41, 5.74) is 12.8. The lowest BCUT2D eigenvalue weighted by atomic mass is 10.0. The van der Waals surface area contributed by atoms with E-state index in [1.54, 1.807) is 17.7 Å². The molecule has 0 bridgehead atoms. The molecule has 10 nitrogen and oxygen atoms in total. The molecule has 0 fully saturated rings. The highest BCUT2D eigenvalue weighted by Gasteiger charge is 2.13. The maximum Gasteiger partial charge on any atom is 0.264 e. The van der Waals surface area contributed by atoms with Crippen LogP contribution in [0.3, 0.4) is 0 Å². The number of nitrogens with one attached hydrogen (secondary N) is 1. The van der Waals surface area contributed by atoms with Crippen LogP contribution in [0.4, 0.5) is 11.6 Å². The first-order valence-corrected chi connectivity index (χ1v) is 14.1. The van der Waals surface area contributed by atoms with Gasteiger partial charge in [-0.1, -0.05) is 49.3 Å². The van der Waals surface area contributed by atoms with Gasteiger partial charge in [0.2, 0.25) is 6.29 Å². The maximum atomic E-state index is 13.5. The second kappa shape index (κ2) is 18.0. The molecule has 0 aliphatic heterocycles. The van der Waals surface area contributed by atoms with Gasteiger partial charge in [0, 0.05) is 43.8 Å². The van der Waals surface area contributed by atoms with Gasteiger partial charge in [-0.3, -0.25) is 18.8 Å². The normalized spacial score (nSPS) is 10.1. The summed E-state index contributed by atoms with van der Waals surface area (Å²) in [7, 11) is 3.22. The van der Waals surface area contributed by atoms with Gasteiger partial charge < -0.3 is 26.3 Å². The van der Waals surface area contributed by atoms with Crippen molar-refractivity contribution in [3.05, 3.63) is 94.4 Å². The zero-order chi connectivity index (χ0) is 31.8. The number of para-hydroxylation sites is 1. The van der Waals surface area contributed by atoms with Crippen LogP contribution in [0.25, 0.3) is 16.5 Å². The number of nitrogen functional groups attached to an aromatic ring is 1. The molecule has 0 unspecified atom stereocenters. The molecule has 0 radical (unpaired) electrons. The number of nitrogens with two attached hydrogens (primary N) is 2. The summed E-state index contributed by atoms with van der Waals surface area (Å²) in [5.74, 6) is 6.96. The van der Waals surface area contributed by atoms with E-state index in [4.69, 9.17) is 15.2 Å². The molecule has 0 saturated heterocycles. The fraction of sp³-hybridized carbons (Fsp3) is 0.303. The van der Waals surface area contributed by atoms with Gasteiger partial charge in [0.05, 0.1) is 5.39 Å². The van der Waals surface area contributed by atoms with Gasteiger partial charge >= 0.3 is 0 Å². The predicted molar refractivity (Wildman–Crippen MR) is 175 cm³/mol. The zero-order valence-corrected chi connectivity index (χ0v) is 25.6. The van der Waals surface area contributed by atoms with Crippen LogP contribution >= 0.6 is 0 Å². The van der Waals surface area contributed by atoms with Crippen LogP contribution in [0, 0.1) is 11.8 Å². The number of carbonyl (C=O) groups is 1. The monoisotopic (exact) mass is 586 g/mol. The largest absolute Gasteiger partial charge is 0.382 e. The first kappa shape index (κ1) is 34.5. The number of fused-ring (bicyclic) bond motifs is 1. The van der Waals surface area contributed by atoms with Crippen molar-refractivity contribution in [1.29, 1.82) is 0 Å². The number of hydrogen-bond acceptors (Lipinski definition) is 8. The Kier molecular flexibility index (Phi) is 14.4. The Morgan fingerprint density at radius 3 is 2.33 bits per heavy atom. The first-order valence-electron chi connectivity index (χ1n) is 14.1. The number of aromatic nitrogens is 3. The number of benzene rings is 2. The Bertz CT molecular complexity index is 1590. The van der Waals surface area contributed by atoms with Gasteiger partial charge in [-0.05, 0) is 62.9 Å². The minimum atomic E-state index is -0.600. The second-order valence-electron chi connectivity index (χ2n) is 8.81. The highest BCUT2D eigenvalue weighted by molar-refractivity contribution is 5.89. The molecule has 2 aromatic heterocycles. The Balaban J connectivity index is 0.000000360. The van der Waals surface area contributed by atoms with E-state index in [9.17, 15) is 9.59 Å². The quantitative estimate of drug-likeness (QED) is 0.108. The first-order chi connectivity index (χ1) is 20.9. The average molecular weight is 587 g/mol. The number of nitrogens with zero attached hydrogens (tertiary/aromatic N) is 3. The summed E-state index contributed by atoms with van der Waals surface area (Å²) in [4.78, 5) is 24.1. The zero-order valence-electron chi connectivity index (χ0n) is 25.6. The van der Waals surface area contributed by atoms with E-state index in [1.807, 2.05) is 62.4 Å². The molecular weight excluding hydrogens is 544 g/mol. The Hall–Kier alpha value is -4.69. The lowest BCUT2D eigenvalue weighted by Gasteiger charge is -2.14. The second-order valence-corrected chi connectivity index (χ2v) is 8.81. The molecule has 0 aliphatic carbocycles. The van der Waals surface area contributed by atoms with Crippen LogP contribution in [0.5, 0.6) is 0 Å². The standard InChI is InChI=1S/C24H25NO3.C8H12N4O.CH5N/c1-4-20-17-19-12-10-11-18(15-16-22(27-5-2)28-6-3)23(19)24(26)25(20)21-13-8-7-9-14-21;1-3-4-10-8-6(5-13)7(9)11-12(8)2;1-2/h7-14,17,22H,4-6H2,1-3H3;3,5,10H,1,4H2,2H3,(H2,9,11);2H2,1H3. The van der Waals surface area contributed by atoms with Crippen molar-refractivity contribution in [1.82, 2.24) is 14.3 Å². The van der Waals surface area contributed by atoms with E-state index in [-0.39, 0.29) is 11.4 Å². The summed E-state index contributed by atoms with van der Waals surface area (Å²) < 4.78 is 14.3. The van der Waals surface area contributed by atoms with Crippen LogP contribution in [0.1, 0.15) is 42.4 Å². The van der Waals surface area contributed by atoms with Gasteiger partial charge in [-0.25, -0.2) is 0 Å². The van der Waals surface area contributed by atoms with Crippen molar-refractivity contribution in [2.24, 2.45) is 12.8 Å². The topological polar surface area (TPSA) is 139 Å². The molecule has 2 heterocycles. The van der Waals surface area contributed by atoms with Crippen LogP contribution in [0.2, 0.25) is 0 Å². The fourth-order valence-electron chi connectivity index (χ4n) is 4.27. The van der Waals surface area contributed by atoms with Gasteiger partial charge in [0.15, 0.2) is 12.1 Å². The smallest absolute Gasteiger partial charge is 0.264 e. The van der Waals surface area contributed by atoms with Gasteiger partial charge in [0.25, 0.3) is 5.56 Å². The molecular formula is C33H42N6O4. The Morgan fingerprint density at radius 2 is 1.74 bits per heavy atom. The van der Waals surface area contributed by atoms with Crippen LogP contribution in [-0.4, -0.2) is 53.7 Å². The van der Waals surface area contributed by atoms with E-state index < -0.39 is 6.29 Å². The molecule has 2 aromatic carbocycles. The molecule has 4 aromatic rings. The fourth-order valence-corrected chi connectivity index (χ4v) is 4.27. The van der Waals surface area contributed by atoms with E-state index >= 15 is 0 Å². The van der Waals surface area contributed by atoms with Gasteiger partial charge in [0.1, 0.15) is 11.4 Å². The van der Waals surface area contributed by atoms with E-state index in [0.29, 0.717) is 48.4 Å². The van der Waals surface area contributed by atoms with E-state index in [1.165, 1.54) is 11.7 Å². The lowest BCUT2D eigenvalue weighted by molar-refractivity contribution is -0.0969. The summed E-state index contributed by atoms with van der Waals surface area (Å²) in [6.07, 6.45) is 2.54. The number of ether oxygens (including phenoxy) is 2. The third-order valence-corrected chi connectivity index (χ3v) is 6.10. The van der Waals surface area contributed by atoms with Crippen LogP contribution in [0.15, 0.2) is 72.0 Å². The molecule has 0 amide bonds. The minimum Gasteiger partial charge on any atom is -0.382 e. The van der Waals surface area contributed by atoms with E-state index in [2.05, 4.69) is 47.6 Å². The maximum absolute atomic E-state index is 13.5. The summed E-state index contributed by atoms with van der Waals surface area (Å²) in [5, 5.41) is 8.38. The molecule has 43 heavy (non-hydrogen) atoms. The summed E-state index contributed by atoms with van der Waals surface area (Å²) >= 11 is 0. The van der Waals surface area contributed by atoms with Crippen molar-refractivity contribution in [3.63, 3.8) is 0 Å². The number of pyridine rings is 1. The van der Waals surface area contributed by atoms with Crippen LogP contribution in [-0.2, 0) is 22.9 Å². The molecule has 0 spiro atoms. The van der Waals surface area contributed by atoms with Gasteiger partial charge in [-0.2, -0.15) is 5.10 Å². The van der Waals surface area contributed by atoms with Crippen molar-refractivity contribution < 1.29 is 14.3 Å². The number of anilines is 2. The third kappa shape index (κ3) is 8.90. The average Bonchev–Trinajstić information content (AvgIpc) is 3.31. The highest BCUT2D eigenvalue weighted by Crippen LogP contribution is 2.20. The SMILES string of the molecule is C=CCNc1c(C=O)c(N)nn1C.CCOC(C#Cc1cccc2cc(CC)n(-c3ccccc3)c(=O)c12)OCC.CN. The number of carbonyl (C=O) groups excluding carboxylic acids is 1. The molecule has 0 atom stereocenters. The molecule has 10 heteroatoms. The van der Waals surface area contributed by atoms with Crippen molar-refractivity contribution in [3.8, 4) is 17.5 Å². The number of aryl methyl sites for hydroxylation is 2.